The van der Waals surface area contributed by atoms with Crippen LogP contribution in [0.1, 0.15) is 5.56 Å². The smallest absolute Gasteiger partial charge is 0.0658 e. The zero-order valence-corrected chi connectivity index (χ0v) is 4.65. The Bertz CT molecular complexity index is 151. The first kappa shape index (κ1) is 5.16. The summed E-state index contributed by atoms with van der Waals surface area (Å²) in [6, 6.07) is 1.99. The van der Waals surface area contributed by atoms with Gasteiger partial charge in [-0.3, -0.25) is 0 Å². The summed E-state index contributed by atoms with van der Waals surface area (Å²) >= 11 is 0. The number of aromatic amines is 1. The van der Waals surface area contributed by atoms with E-state index in [9.17, 15) is 0 Å². The molecule has 0 aliphatic rings. The van der Waals surface area contributed by atoms with Crippen molar-refractivity contribution in [1.82, 2.24) is 4.98 Å². The van der Waals surface area contributed by atoms with Crippen LogP contribution in [0.2, 0.25) is 0 Å². The molecule has 1 radical (unpaired) electrons. The average molecular weight is 106 g/mol. The first-order chi connectivity index (χ1) is 3.93. The Labute approximate surface area is 49.0 Å². The van der Waals surface area contributed by atoms with Crippen molar-refractivity contribution in [3.63, 3.8) is 0 Å². The largest absolute Gasteiger partial charge is 0.360 e. The standard InChI is InChI=1S/C7H8N/c1-2-3-7-4-5-8-6-7/h2,4-5,8H,1,3H2. The summed E-state index contributed by atoms with van der Waals surface area (Å²) in [7, 11) is 0. The lowest BCUT2D eigenvalue weighted by molar-refractivity contribution is 1.27. The van der Waals surface area contributed by atoms with Crippen molar-refractivity contribution in [2.45, 2.75) is 6.42 Å². The minimum Gasteiger partial charge on any atom is -0.360 e. The molecule has 41 valence electrons. The Morgan fingerprint density at radius 1 is 1.88 bits per heavy atom. The molecule has 1 heterocycles. The maximum atomic E-state index is 3.60. The maximum absolute atomic E-state index is 3.60. The van der Waals surface area contributed by atoms with Crippen LogP contribution in [0.3, 0.4) is 0 Å². The second kappa shape index (κ2) is 2.36. The molecule has 0 saturated heterocycles. The molecule has 1 rings (SSSR count). The number of hydrogen-bond donors (Lipinski definition) is 1. The molecule has 0 amide bonds. The predicted molar refractivity (Wildman–Crippen MR) is 33.5 cm³/mol. The SMILES string of the molecule is C=CCc1[c][nH]cc1. The molecule has 0 unspecified atom stereocenters. The van der Waals surface area contributed by atoms with Gasteiger partial charge in [0.15, 0.2) is 0 Å². The van der Waals surface area contributed by atoms with Crippen molar-refractivity contribution in [3.8, 4) is 0 Å². The summed E-state index contributed by atoms with van der Waals surface area (Å²) in [5.74, 6) is 0. The summed E-state index contributed by atoms with van der Waals surface area (Å²) in [5, 5.41) is 0. The highest BCUT2D eigenvalue weighted by Crippen LogP contribution is 1.95. The molecule has 1 heteroatoms. The van der Waals surface area contributed by atoms with Crippen LogP contribution in [-0.4, -0.2) is 4.98 Å². The normalized spacial score (nSPS) is 9.00. The maximum Gasteiger partial charge on any atom is 0.0658 e. The first-order valence-corrected chi connectivity index (χ1v) is 2.58. The van der Waals surface area contributed by atoms with Gasteiger partial charge >= 0.3 is 0 Å². The van der Waals surface area contributed by atoms with Gasteiger partial charge in [0, 0.05) is 6.20 Å². The van der Waals surface area contributed by atoms with Crippen LogP contribution in [0.15, 0.2) is 24.9 Å². The topological polar surface area (TPSA) is 15.8 Å². The molecule has 1 nitrogen and oxygen atoms in total. The summed E-state index contributed by atoms with van der Waals surface area (Å²) in [6.07, 6.45) is 7.57. The molecule has 0 aromatic carbocycles. The highest BCUT2D eigenvalue weighted by atomic mass is 14.6. The van der Waals surface area contributed by atoms with Gasteiger partial charge in [-0.2, -0.15) is 0 Å². The lowest BCUT2D eigenvalue weighted by atomic mass is 10.2. The third-order valence-corrected chi connectivity index (χ3v) is 0.965. The Morgan fingerprint density at radius 2 is 2.75 bits per heavy atom. The molecule has 1 aromatic rings. The molecule has 0 bridgehead atoms. The minimum absolute atomic E-state index is 0.906. The third kappa shape index (κ3) is 0.997. The fourth-order valence-electron chi connectivity index (χ4n) is 0.593. The van der Waals surface area contributed by atoms with Crippen molar-refractivity contribution >= 4 is 0 Å². The second-order valence-corrected chi connectivity index (χ2v) is 1.62. The minimum atomic E-state index is 0.906. The molecule has 0 fully saturated rings. The summed E-state index contributed by atoms with van der Waals surface area (Å²) in [5.41, 5.74) is 1.17. The van der Waals surface area contributed by atoms with E-state index >= 15 is 0 Å². The number of rotatable bonds is 2. The number of nitrogens with one attached hydrogen (secondary N) is 1. The van der Waals surface area contributed by atoms with E-state index in [1.165, 1.54) is 5.56 Å². The van der Waals surface area contributed by atoms with Gasteiger partial charge in [-0.1, -0.05) is 6.08 Å². The number of H-pyrrole nitrogens is 1. The Balaban J connectivity index is 2.62. The van der Waals surface area contributed by atoms with E-state index in [1.807, 2.05) is 18.3 Å². The van der Waals surface area contributed by atoms with E-state index in [0.29, 0.717) is 0 Å². The summed E-state index contributed by atoms with van der Waals surface area (Å²) < 4.78 is 0. The van der Waals surface area contributed by atoms with Gasteiger partial charge in [-0.15, -0.1) is 6.58 Å². The molecule has 0 spiro atoms. The number of hydrogen-bond acceptors (Lipinski definition) is 0. The quantitative estimate of drug-likeness (QED) is 0.550. The van der Waals surface area contributed by atoms with Crippen molar-refractivity contribution in [2.24, 2.45) is 0 Å². The molecule has 8 heavy (non-hydrogen) atoms. The van der Waals surface area contributed by atoms with Crippen molar-refractivity contribution in [3.05, 3.63) is 36.7 Å². The molecular formula is C7H8N. The van der Waals surface area contributed by atoms with E-state index in [0.717, 1.165) is 6.42 Å². The van der Waals surface area contributed by atoms with Crippen molar-refractivity contribution in [2.75, 3.05) is 0 Å². The molecular weight excluding hydrogens is 98.1 g/mol. The van der Waals surface area contributed by atoms with Gasteiger partial charge in [0.2, 0.25) is 0 Å². The highest BCUT2D eigenvalue weighted by molar-refractivity contribution is 5.09. The monoisotopic (exact) mass is 106 g/mol. The van der Waals surface area contributed by atoms with Gasteiger partial charge in [0.25, 0.3) is 0 Å². The zero-order chi connectivity index (χ0) is 5.82. The van der Waals surface area contributed by atoms with E-state index in [2.05, 4.69) is 17.8 Å². The van der Waals surface area contributed by atoms with E-state index in [1.54, 1.807) is 0 Å². The zero-order valence-electron chi connectivity index (χ0n) is 4.65. The third-order valence-electron chi connectivity index (χ3n) is 0.965. The Kier molecular flexibility index (Phi) is 1.52. The molecule has 1 N–H and O–H groups in total. The van der Waals surface area contributed by atoms with Crippen molar-refractivity contribution in [1.29, 1.82) is 0 Å². The number of aromatic nitrogens is 1. The van der Waals surface area contributed by atoms with Crippen LogP contribution in [0.25, 0.3) is 0 Å². The number of allylic oxidation sites excluding steroid dienone is 1. The van der Waals surface area contributed by atoms with E-state index in [-0.39, 0.29) is 0 Å². The van der Waals surface area contributed by atoms with Crippen LogP contribution in [-0.2, 0) is 6.42 Å². The van der Waals surface area contributed by atoms with Gasteiger partial charge in [-0.05, 0) is 18.1 Å². The van der Waals surface area contributed by atoms with Gasteiger partial charge < -0.3 is 4.98 Å². The Hall–Kier alpha value is -0.980. The summed E-state index contributed by atoms with van der Waals surface area (Å²) in [6.45, 7) is 3.60. The van der Waals surface area contributed by atoms with E-state index < -0.39 is 0 Å². The van der Waals surface area contributed by atoms with Gasteiger partial charge in [-0.25, -0.2) is 0 Å². The highest BCUT2D eigenvalue weighted by Gasteiger charge is 1.84. The summed E-state index contributed by atoms with van der Waals surface area (Å²) in [4.78, 5) is 2.84. The van der Waals surface area contributed by atoms with Crippen LogP contribution < -0.4 is 0 Å². The Morgan fingerprint density at radius 3 is 3.25 bits per heavy atom. The van der Waals surface area contributed by atoms with Crippen LogP contribution >= 0.6 is 0 Å². The molecule has 0 atom stereocenters. The molecule has 1 aromatic heterocycles. The van der Waals surface area contributed by atoms with Crippen LogP contribution in [0.4, 0.5) is 0 Å². The lowest BCUT2D eigenvalue weighted by Crippen LogP contribution is -1.71. The second-order valence-electron chi connectivity index (χ2n) is 1.62. The molecule has 0 saturated carbocycles. The fourth-order valence-corrected chi connectivity index (χ4v) is 0.593. The van der Waals surface area contributed by atoms with Gasteiger partial charge in [0.1, 0.15) is 0 Å². The van der Waals surface area contributed by atoms with Gasteiger partial charge in [0.05, 0.1) is 6.20 Å². The fraction of sp³-hybridized carbons (Fsp3) is 0.143. The van der Waals surface area contributed by atoms with Crippen LogP contribution in [0.5, 0.6) is 0 Å². The average Bonchev–Trinajstić information content (AvgIpc) is 2.19. The lowest BCUT2D eigenvalue weighted by Gasteiger charge is -1.80. The molecule has 0 aliphatic carbocycles. The van der Waals surface area contributed by atoms with Crippen LogP contribution in [0, 0.1) is 6.20 Å². The molecule has 0 aliphatic heterocycles. The van der Waals surface area contributed by atoms with Crippen molar-refractivity contribution < 1.29 is 0 Å². The first-order valence-electron chi connectivity index (χ1n) is 2.58. The van der Waals surface area contributed by atoms with E-state index in [4.69, 9.17) is 0 Å². The predicted octanol–water partition coefficient (Wildman–Crippen LogP) is 1.54.